The van der Waals surface area contributed by atoms with Gasteiger partial charge < -0.3 is 40.5 Å². The second-order valence-corrected chi connectivity index (χ2v) is 7.53. The fourth-order valence-electron chi connectivity index (χ4n) is 3.30. The Kier molecular flexibility index (Phi) is 8.14. The fraction of sp³-hybridized carbons (Fsp3) is 0.238. The van der Waals surface area contributed by atoms with Crippen molar-refractivity contribution in [3.63, 3.8) is 0 Å². The van der Waals surface area contributed by atoms with Crippen molar-refractivity contribution >= 4 is 53.2 Å². The third kappa shape index (κ3) is 5.98. The van der Waals surface area contributed by atoms with Gasteiger partial charge in [0, 0.05) is 46.3 Å². The lowest BCUT2D eigenvalue weighted by Gasteiger charge is -2.04. The molecule has 13 heteroatoms. The summed E-state index contributed by atoms with van der Waals surface area (Å²) in [6.45, 7) is -0.00572. The molecule has 0 spiro atoms. The van der Waals surface area contributed by atoms with E-state index in [4.69, 9.17) is 10.8 Å². The van der Waals surface area contributed by atoms with E-state index in [1.54, 1.807) is 54.9 Å². The Hall–Kier alpha value is -4.19. The average molecular weight is 492 g/mol. The van der Waals surface area contributed by atoms with Crippen molar-refractivity contribution in [2.24, 2.45) is 21.1 Å². The van der Waals surface area contributed by atoms with Gasteiger partial charge in [0.2, 0.25) is 0 Å². The standard InChI is InChI=1S/C21H25N7O5.ClH/c1-26-9-12(22)6-15(26)20(32)24-14-8-17(28(3)11-14)21(33)25-13-7-16(27(2)10-13)19(31)23-5-4-18(29)30;/h6-11H,4-5,22H2,1-3H3,(H,23,31)(H,24,32)(H,25,33)(H,29,30);1H. The number of nitrogens with two attached hydrogens (primary N) is 1. The first-order chi connectivity index (χ1) is 15.5. The largest absolute Gasteiger partial charge is 0.481 e. The Bertz CT molecular complexity index is 1240. The number of carboxylic acid groups (broad SMARTS) is 1. The van der Waals surface area contributed by atoms with Crippen LogP contribution >= 0.6 is 12.4 Å². The van der Waals surface area contributed by atoms with Crippen molar-refractivity contribution in [2.75, 3.05) is 22.9 Å². The smallest absolute Gasteiger partial charge is 0.305 e. The molecule has 0 aliphatic heterocycles. The molecule has 0 bridgehead atoms. The molecule has 0 fully saturated rings. The number of hydrogen-bond acceptors (Lipinski definition) is 5. The highest BCUT2D eigenvalue weighted by Crippen LogP contribution is 2.19. The van der Waals surface area contributed by atoms with E-state index in [1.165, 1.54) is 16.7 Å². The van der Waals surface area contributed by atoms with E-state index < -0.39 is 17.8 Å². The van der Waals surface area contributed by atoms with Crippen molar-refractivity contribution in [1.29, 1.82) is 0 Å². The molecule has 3 amide bonds. The molecule has 0 saturated heterocycles. The van der Waals surface area contributed by atoms with Crippen LogP contribution < -0.4 is 21.7 Å². The van der Waals surface area contributed by atoms with Gasteiger partial charge in [-0.2, -0.15) is 0 Å². The summed E-state index contributed by atoms with van der Waals surface area (Å²) in [6, 6.07) is 4.57. The molecule has 0 atom stereocenters. The van der Waals surface area contributed by atoms with Gasteiger partial charge in [-0.15, -0.1) is 12.4 Å². The van der Waals surface area contributed by atoms with E-state index in [2.05, 4.69) is 16.0 Å². The number of hydrogen-bond donors (Lipinski definition) is 5. The molecule has 12 nitrogen and oxygen atoms in total. The summed E-state index contributed by atoms with van der Waals surface area (Å²) in [6.07, 6.45) is 4.60. The van der Waals surface area contributed by atoms with Crippen molar-refractivity contribution in [2.45, 2.75) is 6.42 Å². The number of carbonyl (C=O) groups excluding carboxylic acids is 3. The predicted molar refractivity (Wildman–Crippen MR) is 128 cm³/mol. The monoisotopic (exact) mass is 491 g/mol. The van der Waals surface area contributed by atoms with Gasteiger partial charge in [0.05, 0.1) is 23.5 Å². The number of nitrogens with zero attached hydrogens (tertiary/aromatic N) is 3. The first-order valence-corrected chi connectivity index (χ1v) is 9.92. The molecular weight excluding hydrogens is 466 g/mol. The molecule has 3 aromatic rings. The van der Waals surface area contributed by atoms with Crippen LogP contribution in [0.5, 0.6) is 0 Å². The highest BCUT2D eigenvalue weighted by molar-refractivity contribution is 6.07. The van der Waals surface area contributed by atoms with E-state index in [0.29, 0.717) is 22.8 Å². The van der Waals surface area contributed by atoms with Gasteiger partial charge in [-0.3, -0.25) is 19.2 Å². The Morgan fingerprint density at radius 1 is 0.794 bits per heavy atom. The van der Waals surface area contributed by atoms with Crippen LogP contribution in [0.4, 0.5) is 17.1 Å². The Morgan fingerprint density at radius 2 is 1.24 bits per heavy atom. The maximum Gasteiger partial charge on any atom is 0.305 e. The minimum absolute atomic E-state index is 0. The number of nitrogens with one attached hydrogen (secondary N) is 3. The molecule has 0 radical (unpaired) electrons. The zero-order chi connectivity index (χ0) is 24.3. The molecule has 3 rings (SSSR count). The molecule has 0 aromatic carbocycles. The van der Waals surface area contributed by atoms with Gasteiger partial charge in [-0.1, -0.05) is 0 Å². The summed E-state index contributed by atoms with van der Waals surface area (Å²) in [4.78, 5) is 48.0. The number of rotatable bonds is 8. The number of anilines is 3. The third-order valence-electron chi connectivity index (χ3n) is 4.87. The minimum Gasteiger partial charge on any atom is -0.481 e. The number of carboxylic acids is 1. The summed E-state index contributed by atoms with van der Waals surface area (Å²) in [5, 5.41) is 16.6. The number of aliphatic carboxylic acids is 1. The molecule has 3 aromatic heterocycles. The molecule has 0 unspecified atom stereocenters. The van der Waals surface area contributed by atoms with Crippen LogP contribution in [0.25, 0.3) is 0 Å². The van der Waals surface area contributed by atoms with Crippen molar-refractivity contribution < 1.29 is 24.3 Å². The van der Waals surface area contributed by atoms with Crippen LogP contribution in [-0.2, 0) is 25.9 Å². The normalized spacial score (nSPS) is 10.3. The van der Waals surface area contributed by atoms with Crippen LogP contribution in [-0.4, -0.2) is 49.0 Å². The average Bonchev–Trinajstić information content (AvgIpc) is 3.37. The fourth-order valence-corrected chi connectivity index (χ4v) is 3.30. The Morgan fingerprint density at radius 3 is 1.68 bits per heavy atom. The van der Waals surface area contributed by atoms with Crippen LogP contribution in [0, 0.1) is 0 Å². The summed E-state index contributed by atoms with van der Waals surface area (Å²) < 4.78 is 4.69. The van der Waals surface area contributed by atoms with E-state index in [1.807, 2.05) is 0 Å². The number of halogens is 1. The minimum atomic E-state index is -1.01. The zero-order valence-electron chi connectivity index (χ0n) is 18.8. The predicted octanol–water partition coefficient (Wildman–Crippen LogP) is 1.42. The lowest BCUT2D eigenvalue weighted by atomic mass is 10.3. The number of nitrogen functional groups attached to an aromatic ring is 1. The SMILES string of the molecule is Cl.Cn1cc(NC(=O)c2cc(NC(=O)c3cc(N)cn3C)cn2C)cc1C(=O)NCCC(=O)O. The number of aromatic nitrogens is 3. The van der Waals surface area contributed by atoms with Crippen molar-refractivity contribution in [1.82, 2.24) is 19.0 Å². The van der Waals surface area contributed by atoms with E-state index in [9.17, 15) is 19.2 Å². The van der Waals surface area contributed by atoms with Crippen molar-refractivity contribution in [3.8, 4) is 0 Å². The zero-order valence-corrected chi connectivity index (χ0v) is 19.6. The van der Waals surface area contributed by atoms with E-state index >= 15 is 0 Å². The Labute approximate surface area is 201 Å². The van der Waals surface area contributed by atoms with E-state index in [-0.39, 0.29) is 42.7 Å². The second-order valence-electron chi connectivity index (χ2n) is 7.53. The number of carbonyl (C=O) groups is 4. The maximum absolute atomic E-state index is 12.8. The molecule has 0 saturated carbocycles. The van der Waals surface area contributed by atoms with Gasteiger partial charge in [-0.05, 0) is 18.2 Å². The quantitative estimate of drug-likeness (QED) is 0.319. The summed E-state index contributed by atoms with van der Waals surface area (Å²) >= 11 is 0. The summed E-state index contributed by atoms with van der Waals surface area (Å²) in [5.74, 6) is -2.27. The topological polar surface area (TPSA) is 165 Å². The van der Waals surface area contributed by atoms with Gasteiger partial charge in [0.25, 0.3) is 17.7 Å². The maximum atomic E-state index is 12.8. The molecule has 3 heterocycles. The molecule has 34 heavy (non-hydrogen) atoms. The van der Waals surface area contributed by atoms with Crippen LogP contribution in [0.1, 0.15) is 37.9 Å². The Balaban J connectivity index is 0.00000408. The van der Waals surface area contributed by atoms with Crippen LogP contribution in [0.2, 0.25) is 0 Å². The van der Waals surface area contributed by atoms with E-state index in [0.717, 1.165) is 0 Å². The second kappa shape index (κ2) is 10.6. The molecular formula is C21H26ClN7O5. The summed E-state index contributed by atoms with van der Waals surface area (Å²) in [7, 11) is 5.00. The van der Waals surface area contributed by atoms with Crippen LogP contribution in [0.15, 0.2) is 36.8 Å². The number of aryl methyl sites for hydroxylation is 3. The lowest BCUT2D eigenvalue weighted by Crippen LogP contribution is -2.27. The molecule has 182 valence electrons. The van der Waals surface area contributed by atoms with Crippen molar-refractivity contribution in [3.05, 3.63) is 53.9 Å². The molecule has 0 aliphatic rings. The molecule has 6 N–H and O–H groups in total. The lowest BCUT2D eigenvalue weighted by molar-refractivity contribution is -0.136. The van der Waals surface area contributed by atoms with Gasteiger partial charge >= 0.3 is 5.97 Å². The van der Waals surface area contributed by atoms with Gasteiger partial charge in [0.1, 0.15) is 17.1 Å². The molecule has 0 aliphatic carbocycles. The first kappa shape index (κ1) is 26.1. The van der Waals surface area contributed by atoms with Crippen LogP contribution in [0.3, 0.4) is 0 Å². The van der Waals surface area contributed by atoms with Gasteiger partial charge in [0.15, 0.2) is 0 Å². The third-order valence-corrected chi connectivity index (χ3v) is 4.87. The van der Waals surface area contributed by atoms with Gasteiger partial charge in [-0.25, -0.2) is 0 Å². The summed E-state index contributed by atoms with van der Waals surface area (Å²) in [5.41, 5.74) is 7.91. The highest BCUT2D eigenvalue weighted by Gasteiger charge is 2.18. The first-order valence-electron chi connectivity index (χ1n) is 9.92. The highest BCUT2D eigenvalue weighted by atomic mass is 35.5. The number of amides is 3.